The quantitative estimate of drug-likeness (QED) is 0.661. The summed E-state index contributed by atoms with van der Waals surface area (Å²) in [5.41, 5.74) is 1.12. The molecule has 0 amide bonds. The monoisotopic (exact) mass is 196 g/mol. The number of aliphatic hydroxyl groups excluding tert-OH is 1. The maximum atomic E-state index is 8.47. The number of nitrogens with one attached hydrogen (secondary N) is 1. The van der Waals surface area contributed by atoms with Gasteiger partial charge in [-0.25, -0.2) is 4.98 Å². The maximum Gasteiger partial charge on any atom is 0.128 e. The third-order valence-electron chi connectivity index (χ3n) is 1.78. The third kappa shape index (κ3) is 3.72. The fourth-order valence-corrected chi connectivity index (χ4v) is 1.08. The zero-order valence-corrected chi connectivity index (χ0v) is 8.36. The molecule has 0 atom stereocenters. The van der Waals surface area contributed by atoms with E-state index in [1.54, 1.807) is 6.20 Å². The van der Waals surface area contributed by atoms with Crippen molar-refractivity contribution in [1.29, 1.82) is 0 Å². The Morgan fingerprint density at radius 2 is 2.36 bits per heavy atom. The van der Waals surface area contributed by atoms with E-state index >= 15 is 0 Å². The van der Waals surface area contributed by atoms with E-state index < -0.39 is 0 Å². The Labute approximate surface area is 83.9 Å². The molecule has 4 heteroatoms. The molecule has 0 fully saturated rings. The van der Waals surface area contributed by atoms with E-state index in [0.29, 0.717) is 19.8 Å². The van der Waals surface area contributed by atoms with Gasteiger partial charge >= 0.3 is 0 Å². The van der Waals surface area contributed by atoms with Crippen LogP contribution in [0.3, 0.4) is 0 Å². The largest absolute Gasteiger partial charge is 0.394 e. The lowest BCUT2D eigenvalue weighted by Crippen LogP contribution is -2.12. The number of aromatic nitrogens is 1. The van der Waals surface area contributed by atoms with Gasteiger partial charge in [-0.1, -0.05) is 6.07 Å². The molecule has 0 aromatic carbocycles. The van der Waals surface area contributed by atoms with E-state index in [2.05, 4.69) is 10.3 Å². The fraction of sp³-hybridized carbons (Fsp3) is 0.500. The molecule has 0 unspecified atom stereocenters. The molecule has 14 heavy (non-hydrogen) atoms. The molecular weight excluding hydrogens is 180 g/mol. The molecule has 1 heterocycles. The number of aliphatic hydroxyl groups is 1. The lowest BCUT2D eigenvalue weighted by Gasteiger charge is -2.07. The molecule has 1 aromatic heterocycles. The topological polar surface area (TPSA) is 54.4 Å². The van der Waals surface area contributed by atoms with Crippen LogP contribution in [-0.4, -0.2) is 36.5 Å². The first-order valence-corrected chi connectivity index (χ1v) is 4.68. The van der Waals surface area contributed by atoms with Crippen molar-refractivity contribution in [3.63, 3.8) is 0 Å². The first kappa shape index (κ1) is 10.9. The SMILES string of the molecule is Cc1cccnc1NCCOCCO. The van der Waals surface area contributed by atoms with Gasteiger partial charge in [0.15, 0.2) is 0 Å². The minimum atomic E-state index is 0.0720. The van der Waals surface area contributed by atoms with Gasteiger partial charge in [-0.15, -0.1) is 0 Å². The second-order valence-corrected chi connectivity index (χ2v) is 2.93. The molecule has 0 saturated carbocycles. The summed E-state index contributed by atoms with van der Waals surface area (Å²) < 4.78 is 5.10. The van der Waals surface area contributed by atoms with Crippen LogP contribution in [0.2, 0.25) is 0 Å². The minimum absolute atomic E-state index is 0.0720. The smallest absolute Gasteiger partial charge is 0.128 e. The highest BCUT2D eigenvalue weighted by Crippen LogP contribution is 2.07. The molecule has 0 saturated heterocycles. The van der Waals surface area contributed by atoms with Crippen LogP contribution in [0.15, 0.2) is 18.3 Å². The van der Waals surface area contributed by atoms with Gasteiger partial charge in [0.25, 0.3) is 0 Å². The number of nitrogens with zero attached hydrogens (tertiary/aromatic N) is 1. The van der Waals surface area contributed by atoms with Crippen molar-refractivity contribution in [3.05, 3.63) is 23.9 Å². The van der Waals surface area contributed by atoms with Crippen molar-refractivity contribution >= 4 is 5.82 Å². The predicted octanol–water partition coefficient (Wildman–Crippen LogP) is 0.811. The van der Waals surface area contributed by atoms with Gasteiger partial charge in [0.2, 0.25) is 0 Å². The number of hydrogen-bond donors (Lipinski definition) is 2. The number of hydrogen-bond acceptors (Lipinski definition) is 4. The molecule has 0 aliphatic heterocycles. The summed E-state index contributed by atoms with van der Waals surface area (Å²) >= 11 is 0. The third-order valence-corrected chi connectivity index (χ3v) is 1.78. The zero-order valence-electron chi connectivity index (χ0n) is 8.36. The first-order valence-electron chi connectivity index (χ1n) is 4.68. The fourth-order valence-electron chi connectivity index (χ4n) is 1.08. The Morgan fingerprint density at radius 1 is 1.50 bits per heavy atom. The molecule has 0 radical (unpaired) electrons. The van der Waals surface area contributed by atoms with Crippen molar-refractivity contribution in [3.8, 4) is 0 Å². The summed E-state index contributed by atoms with van der Waals surface area (Å²) in [6, 6.07) is 3.91. The Kier molecular flexibility index (Phi) is 4.96. The molecule has 78 valence electrons. The van der Waals surface area contributed by atoms with Crippen molar-refractivity contribution in [2.75, 3.05) is 31.7 Å². The van der Waals surface area contributed by atoms with Crippen molar-refractivity contribution in [1.82, 2.24) is 4.98 Å². The van der Waals surface area contributed by atoms with Crippen LogP contribution < -0.4 is 5.32 Å². The summed E-state index contributed by atoms with van der Waals surface area (Å²) in [5, 5.41) is 11.6. The van der Waals surface area contributed by atoms with Crippen LogP contribution in [0.5, 0.6) is 0 Å². The second kappa shape index (κ2) is 6.34. The number of anilines is 1. The summed E-state index contributed by atoms with van der Waals surface area (Å²) in [6.07, 6.45) is 1.75. The van der Waals surface area contributed by atoms with E-state index in [-0.39, 0.29) is 6.61 Å². The Balaban J connectivity index is 2.21. The van der Waals surface area contributed by atoms with Gasteiger partial charge in [-0.05, 0) is 18.6 Å². The molecule has 0 aliphatic carbocycles. The summed E-state index contributed by atoms with van der Waals surface area (Å²) in [6.45, 7) is 3.75. The van der Waals surface area contributed by atoms with E-state index in [1.165, 1.54) is 0 Å². The van der Waals surface area contributed by atoms with Gasteiger partial charge in [0, 0.05) is 12.7 Å². The Hall–Kier alpha value is -1.13. The van der Waals surface area contributed by atoms with Gasteiger partial charge in [-0.2, -0.15) is 0 Å². The molecule has 4 nitrogen and oxygen atoms in total. The van der Waals surface area contributed by atoms with Gasteiger partial charge in [0.05, 0.1) is 19.8 Å². The zero-order chi connectivity index (χ0) is 10.2. The average molecular weight is 196 g/mol. The van der Waals surface area contributed by atoms with E-state index in [9.17, 15) is 0 Å². The summed E-state index contributed by atoms with van der Waals surface area (Å²) in [7, 11) is 0. The average Bonchev–Trinajstić information content (AvgIpc) is 2.20. The highest BCUT2D eigenvalue weighted by Gasteiger charge is 1.95. The van der Waals surface area contributed by atoms with Crippen molar-refractivity contribution < 1.29 is 9.84 Å². The van der Waals surface area contributed by atoms with Crippen LogP contribution in [0, 0.1) is 6.92 Å². The number of aryl methyl sites for hydroxylation is 1. The van der Waals surface area contributed by atoms with E-state index in [1.807, 2.05) is 19.1 Å². The molecular formula is C10H16N2O2. The predicted molar refractivity (Wildman–Crippen MR) is 55.4 cm³/mol. The standard InChI is InChI=1S/C10H16N2O2/c1-9-3-2-4-11-10(9)12-5-7-14-8-6-13/h2-4,13H,5-8H2,1H3,(H,11,12). The van der Waals surface area contributed by atoms with E-state index in [0.717, 1.165) is 11.4 Å². The highest BCUT2D eigenvalue weighted by molar-refractivity contribution is 5.42. The van der Waals surface area contributed by atoms with Gasteiger partial charge in [0.1, 0.15) is 5.82 Å². The Morgan fingerprint density at radius 3 is 3.07 bits per heavy atom. The number of ether oxygens (including phenoxy) is 1. The maximum absolute atomic E-state index is 8.47. The lowest BCUT2D eigenvalue weighted by molar-refractivity contribution is 0.0992. The molecule has 1 rings (SSSR count). The molecule has 0 aliphatic rings. The van der Waals surface area contributed by atoms with Gasteiger partial charge in [-0.3, -0.25) is 0 Å². The van der Waals surface area contributed by atoms with Crippen LogP contribution >= 0.6 is 0 Å². The van der Waals surface area contributed by atoms with Gasteiger partial charge < -0.3 is 15.2 Å². The summed E-state index contributed by atoms with van der Waals surface area (Å²) in [5.74, 6) is 0.889. The molecule has 0 bridgehead atoms. The second-order valence-electron chi connectivity index (χ2n) is 2.93. The number of pyridine rings is 1. The van der Waals surface area contributed by atoms with Crippen LogP contribution in [0.25, 0.3) is 0 Å². The molecule has 1 aromatic rings. The minimum Gasteiger partial charge on any atom is -0.394 e. The van der Waals surface area contributed by atoms with Crippen LogP contribution in [0.1, 0.15) is 5.56 Å². The normalized spacial score (nSPS) is 10.1. The van der Waals surface area contributed by atoms with Crippen LogP contribution in [0.4, 0.5) is 5.82 Å². The first-order chi connectivity index (χ1) is 6.84. The van der Waals surface area contributed by atoms with E-state index in [4.69, 9.17) is 9.84 Å². The van der Waals surface area contributed by atoms with Crippen molar-refractivity contribution in [2.24, 2.45) is 0 Å². The highest BCUT2D eigenvalue weighted by atomic mass is 16.5. The molecule has 2 N–H and O–H groups in total. The Bertz CT molecular complexity index is 266. The van der Waals surface area contributed by atoms with Crippen molar-refractivity contribution in [2.45, 2.75) is 6.92 Å². The lowest BCUT2D eigenvalue weighted by atomic mass is 10.3. The number of rotatable bonds is 6. The molecule has 0 spiro atoms. The summed E-state index contributed by atoms with van der Waals surface area (Å²) in [4.78, 5) is 4.18. The van der Waals surface area contributed by atoms with Crippen LogP contribution in [-0.2, 0) is 4.74 Å².